The summed E-state index contributed by atoms with van der Waals surface area (Å²) in [7, 11) is 0. The summed E-state index contributed by atoms with van der Waals surface area (Å²) in [5.41, 5.74) is 5.04. The third-order valence-electron chi connectivity index (χ3n) is 2.76. The van der Waals surface area contributed by atoms with Gasteiger partial charge in [-0.2, -0.15) is 5.10 Å². The summed E-state index contributed by atoms with van der Waals surface area (Å²) in [5, 5.41) is 6.49. The van der Waals surface area contributed by atoms with Crippen LogP contribution in [0.15, 0.2) is 30.5 Å². The van der Waals surface area contributed by atoms with Crippen molar-refractivity contribution in [1.82, 2.24) is 9.78 Å². The molecule has 1 aromatic heterocycles. The average molecular weight is 341 g/mol. The molecule has 0 aliphatic rings. The van der Waals surface area contributed by atoms with Crippen molar-refractivity contribution in [3.05, 3.63) is 41.3 Å². The fourth-order valence-electron chi connectivity index (χ4n) is 1.67. The minimum Gasteiger partial charge on any atom is -0.484 e. The number of nitrogens with one attached hydrogen (secondary N) is 1. The first kappa shape index (κ1) is 16.8. The Morgan fingerprint density at radius 2 is 2.17 bits per heavy atom. The lowest BCUT2D eigenvalue weighted by atomic mass is 10.3. The monoisotopic (exact) mass is 340 g/mol. The Hall–Kier alpha value is -2.61. The van der Waals surface area contributed by atoms with Crippen LogP contribution in [0.5, 0.6) is 5.75 Å². The maximum atomic E-state index is 13.0. The molecule has 0 unspecified atom stereocenters. The van der Waals surface area contributed by atoms with Crippen molar-refractivity contribution in [2.75, 3.05) is 11.9 Å². The summed E-state index contributed by atoms with van der Waals surface area (Å²) in [6.07, 6.45) is 1.77. The number of ether oxygens (including phenoxy) is 1. The Balaban J connectivity index is 1.82. The quantitative estimate of drug-likeness (QED) is 0.799. The van der Waals surface area contributed by atoms with Crippen LogP contribution in [-0.4, -0.2) is 28.2 Å². The van der Waals surface area contributed by atoms with E-state index in [4.69, 9.17) is 22.1 Å². The van der Waals surface area contributed by atoms with E-state index < -0.39 is 17.6 Å². The van der Waals surface area contributed by atoms with Gasteiger partial charge in [0.25, 0.3) is 5.91 Å². The van der Waals surface area contributed by atoms with Crippen LogP contribution >= 0.6 is 11.6 Å². The van der Waals surface area contributed by atoms with E-state index in [0.717, 1.165) is 6.07 Å². The molecule has 0 saturated carbocycles. The van der Waals surface area contributed by atoms with Gasteiger partial charge in [-0.25, -0.2) is 4.39 Å². The van der Waals surface area contributed by atoms with E-state index in [0.29, 0.717) is 12.4 Å². The fourth-order valence-corrected chi connectivity index (χ4v) is 1.84. The molecule has 2 rings (SSSR count). The molecule has 0 aliphatic heterocycles. The largest absolute Gasteiger partial charge is 0.484 e. The zero-order chi connectivity index (χ0) is 16.8. The number of nitrogens with two attached hydrogens (primary N) is 1. The Labute approximate surface area is 136 Å². The van der Waals surface area contributed by atoms with Crippen LogP contribution in [0.2, 0.25) is 5.02 Å². The first-order valence-corrected chi connectivity index (χ1v) is 7.01. The number of aromatic nitrogens is 2. The first-order chi connectivity index (χ1) is 10.9. The van der Waals surface area contributed by atoms with Crippen LogP contribution in [0.4, 0.5) is 10.2 Å². The second-order valence-corrected chi connectivity index (χ2v) is 5.00. The molecule has 0 spiro atoms. The molecule has 2 aromatic rings. The SMILES string of the molecule is NC(=O)CCn1ccc(NC(=O)COc2ccc(F)c(Cl)c2)n1. The third-order valence-corrected chi connectivity index (χ3v) is 3.05. The zero-order valence-electron chi connectivity index (χ0n) is 12.0. The van der Waals surface area contributed by atoms with Crippen LogP contribution in [0.3, 0.4) is 0 Å². The predicted molar refractivity (Wildman–Crippen MR) is 81.6 cm³/mol. The lowest BCUT2D eigenvalue weighted by Crippen LogP contribution is -2.20. The summed E-state index contributed by atoms with van der Waals surface area (Å²) >= 11 is 5.61. The standard InChI is InChI=1S/C14H14ClFN4O3/c15-10-7-9(1-2-11(10)16)23-8-14(22)18-13-4-6-20(19-13)5-3-12(17)21/h1-2,4,6-7H,3,5,8H2,(H2,17,21)(H,18,19,22). The Morgan fingerprint density at radius 1 is 1.39 bits per heavy atom. The number of benzene rings is 1. The number of carbonyl (C=O) groups is 2. The molecule has 1 aromatic carbocycles. The Bertz CT molecular complexity index is 720. The molecular weight excluding hydrogens is 327 g/mol. The minimum atomic E-state index is -0.565. The molecule has 0 atom stereocenters. The second kappa shape index (κ2) is 7.59. The predicted octanol–water partition coefficient (Wildman–Crippen LogP) is 1.57. The van der Waals surface area contributed by atoms with E-state index in [1.807, 2.05) is 0 Å². The number of primary amides is 1. The molecule has 0 saturated heterocycles. The van der Waals surface area contributed by atoms with Crippen LogP contribution in [0.1, 0.15) is 6.42 Å². The summed E-state index contributed by atoms with van der Waals surface area (Å²) in [5.74, 6) is -0.841. The fraction of sp³-hybridized carbons (Fsp3) is 0.214. The van der Waals surface area contributed by atoms with E-state index in [9.17, 15) is 14.0 Å². The lowest BCUT2D eigenvalue weighted by molar-refractivity contribution is -0.119. The van der Waals surface area contributed by atoms with E-state index in [1.54, 1.807) is 12.3 Å². The van der Waals surface area contributed by atoms with Gasteiger partial charge in [-0.05, 0) is 12.1 Å². The number of amides is 2. The van der Waals surface area contributed by atoms with E-state index in [-0.39, 0.29) is 23.8 Å². The van der Waals surface area contributed by atoms with Gasteiger partial charge in [0.15, 0.2) is 12.4 Å². The van der Waals surface area contributed by atoms with Gasteiger partial charge in [-0.1, -0.05) is 11.6 Å². The molecule has 7 nitrogen and oxygen atoms in total. The van der Waals surface area contributed by atoms with Crippen molar-refractivity contribution in [2.45, 2.75) is 13.0 Å². The van der Waals surface area contributed by atoms with Gasteiger partial charge < -0.3 is 15.8 Å². The van der Waals surface area contributed by atoms with Gasteiger partial charge in [0, 0.05) is 31.3 Å². The first-order valence-electron chi connectivity index (χ1n) is 6.63. The summed E-state index contributed by atoms with van der Waals surface area (Å²) in [6.45, 7) is 0.0475. The lowest BCUT2D eigenvalue weighted by Gasteiger charge is -2.06. The topological polar surface area (TPSA) is 99.2 Å². The number of rotatable bonds is 7. The number of halogens is 2. The number of aryl methyl sites for hydroxylation is 1. The third kappa shape index (κ3) is 5.26. The Kier molecular flexibility index (Phi) is 5.53. The minimum absolute atomic E-state index is 0.0869. The molecule has 2 amide bonds. The van der Waals surface area contributed by atoms with Crippen LogP contribution in [-0.2, 0) is 16.1 Å². The second-order valence-electron chi connectivity index (χ2n) is 4.59. The molecule has 3 N–H and O–H groups in total. The highest BCUT2D eigenvalue weighted by Gasteiger charge is 2.08. The van der Waals surface area contributed by atoms with Crippen molar-refractivity contribution in [2.24, 2.45) is 5.73 Å². The maximum Gasteiger partial charge on any atom is 0.263 e. The van der Waals surface area contributed by atoms with Crippen LogP contribution in [0, 0.1) is 5.82 Å². The molecule has 1 heterocycles. The Morgan fingerprint density at radius 3 is 2.87 bits per heavy atom. The molecule has 0 aliphatic carbocycles. The highest BCUT2D eigenvalue weighted by atomic mass is 35.5. The molecule has 0 radical (unpaired) electrons. The van der Waals surface area contributed by atoms with Gasteiger partial charge in [0.2, 0.25) is 5.91 Å². The number of anilines is 1. The van der Waals surface area contributed by atoms with Crippen molar-refractivity contribution in [3.63, 3.8) is 0 Å². The van der Waals surface area contributed by atoms with Gasteiger partial charge in [-0.15, -0.1) is 0 Å². The van der Waals surface area contributed by atoms with Crippen molar-refractivity contribution in [1.29, 1.82) is 0 Å². The summed E-state index contributed by atoms with van der Waals surface area (Å²) < 4.78 is 19.7. The van der Waals surface area contributed by atoms with Crippen molar-refractivity contribution in [3.8, 4) is 5.75 Å². The highest BCUT2D eigenvalue weighted by molar-refractivity contribution is 6.30. The number of hydrogen-bond acceptors (Lipinski definition) is 4. The molecule has 0 bridgehead atoms. The van der Waals surface area contributed by atoms with Gasteiger partial charge in [-0.3, -0.25) is 14.3 Å². The van der Waals surface area contributed by atoms with E-state index >= 15 is 0 Å². The normalized spacial score (nSPS) is 10.3. The number of nitrogens with zero attached hydrogens (tertiary/aromatic N) is 2. The number of carbonyl (C=O) groups excluding carboxylic acids is 2. The van der Waals surface area contributed by atoms with Gasteiger partial charge >= 0.3 is 0 Å². The van der Waals surface area contributed by atoms with Crippen molar-refractivity contribution >= 4 is 29.2 Å². The molecule has 122 valence electrons. The molecular formula is C14H14ClFN4O3. The molecule has 0 fully saturated rings. The van der Waals surface area contributed by atoms with Crippen molar-refractivity contribution < 1.29 is 18.7 Å². The van der Waals surface area contributed by atoms with Gasteiger partial charge in [0.05, 0.1) is 5.02 Å². The number of hydrogen-bond donors (Lipinski definition) is 2. The maximum absolute atomic E-state index is 13.0. The van der Waals surface area contributed by atoms with E-state index in [2.05, 4.69) is 10.4 Å². The van der Waals surface area contributed by atoms with Gasteiger partial charge in [0.1, 0.15) is 11.6 Å². The zero-order valence-corrected chi connectivity index (χ0v) is 12.7. The van der Waals surface area contributed by atoms with E-state index in [1.165, 1.54) is 16.8 Å². The smallest absolute Gasteiger partial charge is 0.263 e. The van der Waals surface area contributed by atoms with Crippen LogP contribution < -0.4 is 15.8 Å². The highest BCUT2D eigenvalue weighted by Crippen LogP contribution is 2.21. The average Bonchev–Trinajstić information content (AvgIpc) is 2.94. The molecule has 9 heteroatoms. The molecule has 23 heavy (non-hydrogen) atoms. The summed E-state index contributed by atoms with van der Waals surface area (Å²) in [4.78, 5) is 22.4. The summed E-state index contributed by atoms with van der Waals surface area (Å²) in [6, 6.07) is 5.37. The van der Waals surface area contributed by atoms with Crippen LogP contribution in [0.25, 0.3) is 0 Å².